The summed E-state index contributed by atoms with van der Waals surface area (Å²) in [6.45, 7) is 3.98. The largest absolute Gasteiger partial charge is 0.393 e. The van der Waals surface area contributed by atoms with E-state index in [-0.39, 0.29) is 12.1 Å². The van der Waals surface area contributed by atoms with Crippen LogP contribution in [0.1, 0.15) is 48.8 Å². The minimum atomic E-state index is -0.243. The summed E-state index contributed by atoms with van der Waals surface area (Å²) in [7, 11) is 0. The summed E-state index contributed by atoms with van der Waals surface area (Å²) in [6, 6.07) is 9.76. The fraction of sp³-hybridized carbons (Fsp3) is 0.435. The SMILES string of the molecule is Cc1cccc(C)c1NC(=O)Nc1c(Br)cc(Br)cc1CCC1CCC(O)CC1. The number of carbonyl (C=O) groups excluding carboxylic acids is 1. The third-order valence-electron chi connectivity index (χ3n) is 5.73. The second kappa shape index (κ2) is 10.1. The van der Waals surface area contributed by atoms with Crippen LogP contribution in [0.5, 0.6) is 0 Å². The molecular formula is C23H28Br2N2O2. The predicted octanol–water partition coefficient (Wildman–Crippen LogP) is 6.96. The maximum Gasteiger partial charge on any atom is 0.323 e. The Balaban J connectivity index is 1.72. The van der Waals surface area contributed by atoms with E-state index in [2.05, 4.69) is 48.6 Å². The van der Waals surface area contributed by atoms with Crippen molar-refractivity contribution in [1.29, 1.82) is 0 Å². The van der Waals surface area contributed by atoms with E-state index in [0.717, 1.165) is 75.5 Å². The Morgan fingerprint density at radius 2 is 1.66 bits per heavy atom. The number of carbonyl (C=O) groups is 1. The first kappa shape index (κ1) is 22.3. The van der Waals surface area contributed by atoms with Gasteiger partial charge in [-0.3, -0.25) is 0 Å². The third kappa shape index (κ3) is 6.06. The van der Waals surface area contributed by atoms with Gasteiger partial charge in [0.25, 0.3) is 0 Å². The van der Waals surface area contributed by atoms with Crippen molar-refractivity contribution in [2.75, 3.05) is 10.6 Å². The Morgan fingerprint density at radius 1 is 1.03 bits per heavy atom. The molecular weight excluding hydrogens is 496 g/mol. The number of hydrogen-bond acceptors (Lipinski definition) is 2. The maximum atomic E-state index is 12.7. The van der Waals surface area contributed by atoms with Crippen molar-refractivity contribution in [2.24, 2.45) is 5.92 Å². The number of aryl methyl sites for hydroxylation is 3. The number of halogens is 2. The number of amides is 2. The van der Waals surface area contributed by atoms with Crippen LogP contribution in [-0.4, -0.2) is 17.2 Å². The first-order chi connectivity index (χ1) is 13.8. The lowest BCUT2D eigenvalue weighted by Crippen LogP contribution is -2.22. The van der Waals surface area contributed by atoms with Gasteiger partial charge in [0.15, 0.2) is 0 Å². The average molecular weight is 524 g/mol. The van der Waals surface area contributed by atoms with E-state index >= 15 is 0 Å². The van der Waals surface area contributed by atoms with Crippen LogP contribution in [0.25, 0.3) is 0 Å². The molecule has 0 aliphatic heterocycles. The second-order valence-corrected chi connectivity index (χ2v) is 9.75. The first-order valence-corrected chi connectivity index (χ1v) is 11.7. The fourth-order valence-electron chi connectivity index (χ4n) is 4.03. The van der Waals surface area contributed by atoms with Gasteiger partial charge in [0.1, 0.15) is 0 Å². The zero-order valence-electron chi connectivity index (χ0n) is 16.9. The van der Waals surface area contributed by atoms with Crippen LogP contribution in [-0.2, 0) is 6.42 Å². The van der Waals surface area contributed by atoms with Crippen molar-refractivity contribution in [1.82, 2.24) is 0 Å². The van der Waals surface area contributed by atoms with E-state index in [4.69, 9.17) is 0 Å². The topological polar surface area (TPSA) is 61.4 Å². The number of urea groups is 1. The van der Waals surface area contributed by atoms with Gasteiger partial charge in [-0.1, -0.05) is 34.1 Å². The lowest BCUT2D eigenvalue weighted by atomic mass is 9.84. The molecule has 0 spiro atoms. The third-order valence-corrected chi connectivity index (χ3v) is 6.82. The van der Waals surface area contributed by atoms with Gasteiger partial charge >= 0.3 is 6.03 Å². The van der Waals surface area contributed by atoms with Crippen molar-refractivity contribution in [3.63, 3.8) is 0 Å². The number of benzene rings is 2. The van der Waals surface area contributed by atoms with Crippen LogP contribution in [0.2, 0.25) is 0 Å². The quantitative estimate of drug-likeness (QED) is 0.396. The number of anilines is 2. The fourth-order valence-corrected chi connectivity index (χ4v) is 5.44. The van der Waals surface area contributed by atoms with Gasteiger partial charge in [-0.2, -0.15) is 0 Å². The normalized spacial score (nSPS) is 19.1. The summed E-state index contributed by atoms with van der Waals surface area (Å²) < 4.78 is 1.84. The molecule has 1 aliphatic rings. The molecule has 1 saturated carbocycles. The number of aliphatic hydroxyl groups excluding tert-OH is 1. The minimum absolute atomic E-state index is 0.128. The highest BCUT2D eigenvalue weighted by molar-refractivity contribution is 9.11. The van der Waals surface area contributed by atoms with Crippen molar-refractivity contribution in [3.05, 3.63) is 56.0 Å². The molecule has 4 nitrogen and oxygen atoms in total. The highest BCUT2D eigenvalue weighted by atomic mass is 79.9. The summed E-state index contributed by atoms with van der Waals surface area (Å²) in [5.74, 6) is 0.632. The summed E-state index contributed by atoms with van der Waals surface area (Å²) in [6.07, 6.45) is 5.77. The number of nitrogens with one attached hydrogen (secondary N) is 2. The van der Waals surface area contributed by atoms with Gasteiger partial charge in [-0.05, 0) is 103 Å². The van der Waals surface area contributed by atoms with Crippen molar-refractivity contribution in [3.8, 4) is 0 Å². The Morgan fingerprint density at radius 3 is 2.31 bits per heavy atom. The van der Waals surface area contributed by atoms with Crippen LogP contribution >= 0.6 is 31.9 Å². The molecule has 29 heavy (non-hydrogen) atoms. The summed E-state index contributed by atoms with van der Waals surface area (Å²) >= 11 is 7.18. The van der Waals surface area contributed by atoms with Crippen molar-refractivity contribution in [2.45, 2.75) is 58.5 Å². The number of aliphatic hydroxyl groups is 1. The standard InChI is InChI=1S/C23H28Br2N2O2/c1-14-4-3-5-15(2)21(14)26-23(29)27-22-17(12-18(24)13-20(22)25)9-6-16-7-10-19(28)11-8-16/h3-5,12-13,16,19,28H,6-11H2,1-2H3,(H2,26,27,29). The molecule has 0 bridgehead atoms. The van der Waals surface area contributed by atoms with Crippen molar-refractivity contribution < 1.29 is 9.90 Å². The zero-order valence-corrected chi connectivity index (χ0v) is 20.1. The van der Waals surface area contributed by atoms with Crippen LogP contribution in [0, 0.1) is 19.8 Å². The van der Waals surface area contributed by atoms with E-state index in [1.54, 1.807) is 0 Å². The number of para-hydroxylation sites is 1. The minimum Gasteiger partial charge on any atom is -0.393 e. The van der Waals surface area contributed by atoms with Crippen molar-refractivity contribution >= 4 is 49.3 Å². The molecule has 2 amide bonds. The highest BCUT2D eigenvalue weighted by Crippen LogP contribution is 2.34. The van der Waals surface area contributed by atoms with E-state index in [9.17, 15) is 9.90 Å². The molecule has 1 aliphatic carbocycles. The van der Waals surface area contributed by atoms with Gasteiger partial charge < -0.3 is 15.7 Å². The Bertz CT molecular complexity index is 857. The molecule has 6 heteroatoms. The summed E-state index contributed by atoms with van der Waals surface area (Å²) in [5, 5.41) is 15.8. The molecule has 0 aromatic heterocycles. The summed E-state index contributed by atoms with van der Waals surface area (Å²) in [4.78, 5) is 12.7. The molecule has 3 rings (SSSR count). The molecule has 0 saturated heterocycles. The predicted molar refractivity (Wildman–Crippen MR) is 127 cm³/mol. The van der Waals surface area contributed by atoms with Gasteiger partial charge in [0.05, 0.1) is 11.8 Å². The lowest BCUT2D eigenvalue weighted by molar-refractivity contribution is 0.106. The Kier molecular flexibility index (Phi) is 7.77. The van der Waals surface area contributed by atoms with Crippen LogP contribution < -0.4 is 10.6 Å². The van der Waals surface area contributed by atoms with Gasteiger partial charge in [-0.25, -0.2) is 4.79 Å². The monoisotopic (exact) mass is 522 g/mol. The van der Waals surface area contributed by atoms with E-state index in [1.165, 1.54) is 0 Å². The van der Waals surface area contributed by atoms with E-state index in [1.807, 2.05) is 38.1 Å². The lowest BCUT2D eigenvalue weighted by Gasteiger charge is -2.25. The molecule has 2 aromatic carbocycles. The highest BCUT2D eigenvalue weighted by Gasteiger charge is 2.20. The molecule has 0 radical (unpaired) electrons. The van der Waals surface area contributed by atoms with Crippen LogP contribution in [0.15, 0.2) is 39.3 Å². The molecule has 0 unspecified atom stereocenters. The van der Waals surface area contributed by atoms with E-state index < -0.39 is 0 Å². The zero-order chi connectivity index (χ0) is 21.0. The first-order valence-electron chi connectivity index (χ1n) is 10.1. The Hall–Kier alpha value is -1.37. The van der Waals surface area contributed by atoms with Crippen LogP contribution in [0.4, 0.5) is 16.2 Å². The smallest absolute Gasteiger partial charge is 0.323 e. The maximum absolute atomic E-state index is 12.7. The van der Waals surface area contributed by atoms with E-state index in [0.29, 0.717) is 5.92 Å². The molecule has 0 heterocycles. The molecule has 3 N–H and O–H groups in total. The summed E-state index contributed by atoms with van der Waals surface area (Å²) in [5.41, 5.74) is 4.84. The van der Waals surface area contributed by atoms with Gasteiger partial charge in [0, 0.05) is 14.6 Å². The number of hydrogen-bond donors (Lipinski definition) is 3. The Labute approximate surface area is 189 Å². The molecule has 156 valence electrons. The average Bonchev–Trinajstić information content (AvgIpc) is 2.67. The number of rotatable bonds is 5. The van der Waals surface area contributed by atoms with Crippen LogP contribution in [0.3, 0.4) is 0 Å². The molecule has 2 aromatic rings. The van der Waals surface area contributed by atoms with Gasteiger partial charge in [0.2, 0.25) is 0 Å². The molecule has 1 fully saturated rings. The van der Waals surface area contributed by atoms with Gasteiger partial charge in [-0.15, -0.1) is 0 Å². The second-order valence-electron chi connectivity index (χ2n) is 7.98. The molecule has 0 atom stereocenters.